The van der Waals surface area contributed by atoms with Gasteiger partial charge in [-0.3, -0.25) is 4.79 Å². The maximum atomic E-state index is 12.9. The number of esters is 1. The van der Waals surface area contributed by atoms with Gasteiger partial charge in [0, 0.05) is 43.7 Å². The molecule has 7 rings (SSSR count). The third kappa shape index (κ3) is 6.98. The summed E-state index contributed by atoms with van der Waals surface area (Å²) in [5.74, 6) is 2.76. The molecule has 0 spiro atoms. The predicted octanol–water partition coefficient (Wildman–Crippen LogP) is 11.9. The van der Waals surface area contributed by atoms with Gasteiger partial charge in [-0.05, 0) is 77.3 Å². The first kappa shape index (κ1) is 36.5. The van der Waals surface area contributed by atoms with Crippen molar-refractivity contribution < 1.29 is 23.1 Å². The van der Waals surface area contributed by atoms with Gasteiger partial charge in [0.1, 0.15) is 23.0 Å². The number of rotatable bonds is 1. The van der Waals surface area contributed by atoms with Crippen LogP contribution in [0.1, 0.15) is 157 Å². The Hall–Kier alpha value is -3.82. The van der Waals surface area contributed by atoms with Crippen LogP contribution in [-0.4, -0.2) is 5.97 Å². The molecular weight excluding hydrogens is 663 g/mol. The molecule has 4 aromatic carbocycles. The van der Waals surface area contributed by atoms with Gasteiger partial charge in [0.05, 0.1) is 0 Å². The number of hydrogen-bond donors (Lipinski definition) is 0. The highest BCUT2D eigenvalue weighted by atomic mass is 31.2. The van der Waals surface area contributed by atoms with Crippen molar-refractivity contribution in [1.82, 2.24) is 0 Å². The van der Waals surface area contributed by atoms with Crippen LogP contribution >= 0.6 is 8.60 Å². The van der Waals surface area contributed by atoms with E-state index in [-0.39, 0.29) is 27.6 Å². The minimum absolute atomic E-state index is 0.0576. The van der Waals surface area contributed by atoms with Crippen molar-refractivity contribution >= 4 is 14.6 Å². The number of ether oxygens (including phenoxy) is 1. The van der Waals surface area contributed by atoms with Crippen molar-refractivity contribution in [2.75, 3.05) is 0 Å². The minimum atomic E-state index is -1.88. The average molecular weight is 719 g/mol. The van der Waals surface area contributed by atoms with Gasteiger partial charge in [-0.15, -0.1) is 0 Å². The van der Waals surface area contributed by atoms with E-state index in [4.69, 9.17) is 18.3 Å². The summed E-state index contributed by atoms with van der Waals surface area (Å²) in [6.07, 6.45) is 2.36. The lowest BCUT2D eigenvalue weighted by Crippen LogP contribution is -2.20. The lowest BCUT2D eigenvalue weighted by molar-refractivity contribution is -0.132. The van der Waals surface area contributed by atoms with E-state index in [0.29, 0.717) is 31.4 Å². The minimum Gasteiger partial charge on any atom is -0.426 e. The van der Waals surface area contributed by atoms with Crippen LogP contribution in [-0.2, 0) is 52.1 Å². The van der Waals surface area contributed by atoms with Gasteiger partial charge in [-0.1, -0.05) is 132 Å². The highest BCUT2D eigenvalue weighted by molar-refractivity contribution is 7.43. The normalized spacial score (nSPS) is 15.6. The van der Waals surface area contributed by atoms with Crippen LogP contribution in [0.4, 0.5) is 0 Å². The van der Waals surface area contributed by atoms with Crippen molar-refractivity contribution in [3.63, 3.8) is 0 Å². The summed E-state index contributed by atoms with van der Waals surface area (Å²) in [5.41, 5.74) is 13.1. The van der Waals surface area contributed by atoms with Crippen LogP contribution in [0.3, 0.4) is 0 Å². The van der Waals surface area contributed by atoms with Crippen molar-refractivity contribution in [3.05, 3.63) is 115 Å². The van der Waals surface area contributed by atoms with E-state index in [0.717, 1.165) is 61.8 Å². The van der Waals surface area contributed by atoms with E-state index in [1.807, 2.05) is 0 Å². The number of carbonyl (C=O) groups is 1. The SMILES string of the molecule is CC(=O)Oc1c2cc(C(C)(C)C)cc1Cc1cc(C(C)(C)C)cc3c1OP1Oc4c(cc(C(C)(C)C)cc4Cc4cc(C(C)(C)C)cc(c4O1)C3)C2. The Labute approximate surface area is 312 Å². The summed E-state index contributed by atoms with van der Waals surface area (Å²) >= 11 is 0. The Kier molecular flexibility index (Phi) is 8.69. The number of fused-ring (bicyclic) bond motifs is 2. The third-order valence-electron chi connectivity index (χ3n) is 10.7. The molecule has 3 heterocycles. The molecule has 3 aliphatic heterocycles. The molecule has 0 amide bonds. The summed E-state index contributed by atoms with van der Waals surface area (Å²) in [7, 11) is -1.88. The van der Waals surface area contributed by atoms with Crippen LogP contribution in [0.15, 0.2) is 48.5 Å². The standard InChI is InChI=1S/C46H55O5P/c1-26(47)48-39-27-14-29-20-36(44(5,6)7)22-31-16-33-24-38(46(11,12)13)25-34-17-32-23-37(45(8,9)10)21-30(15-28(39)19-35(18-27)43(2,3)4)41(32)50-52(49-40(29)31)51-42(33)34/h18-25H,14-17H2,1-13H3. The fourth-order valence-corrected chi connectivity index (χ4v) is 8.79. The zero-order chi connectivity index (χ0) is 37.7. The van der Waals surface area contributed by atoms with E-state index < -0.39 is 8.60 Å². The molecule has 0 saturated carbocycles. The van der Waals surface area contributed by atoms with Gasteiger partial charge >= 0.3 is 14.6 Å². The number of carbonyl (C=O) groups excluding carboxylic acids is 1. The summed E-state index contributed by atoms with van der Waals surface area (Å²) in [6.45, 7) is 28.6. The predicted molar refractivity (Wildman–Crippen MR) is 212 cm³/mol. The van der Waals surface area contributed by atoms with E-state index in [9.17, 15) is 4.79 Å². The molecule has 0 unspecified atom stereocenters. The summed E-state index contributed by atoms with van der Waals surface area (Å²) < 4.78 is 27.3. The Morgan fingerprint density at radius 3 is 0.923 bits per heavy atom. The van der Waals surface area contributed by atoms with Gasteiger partial charge < -0.3 is 18.3 Å². The fraction of sp³-hybridized carbons (Fsp3) is 0.457. The molecule has 0 radical (unpaired) electrons. The van der Waals surface area contributed by atoms with Gasteiger partial charge in [0.15, 0.2) is 0 Å². The Bertz CT molecular complexity index is 1990. The Balaban J connectivity index is 1.63. The molecule has 0 saturated heterocycles. The quantitative estimate of drug-likeness (QED) is 0.0981. The van der Waals surface area contributed by atoms with E-state index in [1.54, 1.807) is 0 Å². The largest absolute Gasteiger partial charge is 0.530 e. The zero-order valence-corrected chi connectivity index (χ0v) is 34.3. The first-order chi connectivity index (χ1) is 24.0. The van der Waals surface area contributed by atoms with Gasteiger partial charge in [-0.25, -0.2) is 0 Å². The highest BCUT2D eigenvalue weighted by Crippen LogP contribution is 2.55. The van der Waals surface area contributed by atoms with Crippen LogP contribution < -0.4 is 18.3 Å². The topological polar surface area (TPSA) is 54.0 Å². The Morgan fingerprint density at radius 2 is 0.692 bits per heavy atom. The van der Waals surface area contributed by atoms with Crippen molar-refractivity contribution in [3.8, 4) is 23.0 Å². The molecule has 3 aliphatic rings. The van der Waals surface area contributed by atoms with Crippen LogP contribution in [0.25, 0.3) is 0 Å². The van der Waals surface area contributed by atoms with Gasteiger partial charge in [-0.2, -0.15) is 0 Å². The molecule has 274 valence electrons. The molecular formula is C46H55O5P. The summed E-state index contributed by atoms with van der Waals surface area (Å²) in [5, 5.41) is 0. The second kappa shape index (κ2) is 12.4. The summed E-state index contributed by atoms with van der Waals surface area (Å²) in [4.78, 5) is 12.9. The third-order valence-corrected chi connectivity index (χ3v) is 11.7. The van der Waals surface area contributed by atoms with Crippen molar-refractivity contribution in [1.29, 1.82) is 0 Å². The molecule has 52 heavy (non-hydrogen) atoms. The molecule has 0 fully saturated rings. The molecule has 0 aromatic heterocycles. The van der Waals surface area contributed by atoms with E-state index >= 15 is 0 Å². The number of benzene rings is 4. The van der Waals surface area contributed by atoms with E-state index in [2.05, 4.69) is 132 Å². The van der Waals surface area contributed by atoms with E-state index in [1.165, 1.54) is 29.2 Å². The first-order valence-electron chi connectivity index (χ1n) is 18.7. The second-order valence-electron chi connectivity index (χ2n) is 19.3. The molecule has 6 heteroatoms. The molecule has 5 nitrogen and oxygen atoms in total. The van der Waals surface area contributed by atoms with Gasteiger partial charge in [0.25, 0.3) is 0 Å². The molecule has 0 atom stereocenters. The highest BCUT2D eigenvalue weighted by Gasteiger charge is 2.36. The fourth-order valence-electron chi connectivity index (χ4n) is 7.53. The molecule has 4 aromatic rings. The summed E-state index contributed by atoms with van der Waals surface area (Å²) in [6, 6.07) is 18.3. The van der Waals surface area contributed by atoms with Crippen LogP contribution in [0.5, 0.6) is 23.0 Å². The van der Waals surface area contributed by atoms with Crippen LogP contribution in [0, 0.1) is 0 Å². The smallest absolute Gasteiger partial charge is 0.426 e. The lowest BCUT2D eigenvalue weighted by Gasteiger charge is -2.33. The Morgan fingerprint density at radius 1 is 0.462 bits per heavy atom. The monoisotopic (exact) mass is 718 g/mol. The zero-order valence-electron chi connectivity index (χ0n) is 33.4. The lowest BCUT2D eigenvalue weighted by atomic mass is 9.79. The maximum absolute atomic E-state index is 12.9. The average Bonchev–Trinajstić information content (AvgIpc) is 2.97. The van der Waals surface area contributed by atoms with Gasteiger partial charge in [0.2, 0.25) is 0 Å². The molecule has 0 N–H and O–H groups in total. The molecule has 6 bridgehead atoms. The van der Waals surface area contributed by atoms with Crippen LogP contribution in [0.2, 0.25) is 0 Å². The molecule has 0 aliphatic carbocycles. The van der Waals surface area contributed by atoms with Crippen molar-refractivity contribution in [2.45, 2.75) is 137 Å². The first-order valence-corrected chi connectivity index (χ1v) is 19.8. The number of hydrogen-bond acceptors (Lipinski definition) is 5. The maximum Gasteiger partial charge on any atom is 0.530 e. The second-order valence-corrected chi connectivity index (χ2v) is 20.3. The van der Waals surface area contributed by atoms with Crippen molar-refractivity contribution in [2.24, 2.45) is 0 Å².